The number of ketones is 1. The Hall–Kier alpha value is -2.38. The third-order valence-electron chi connectivity index (χ3n) is 7.33. The van der Waals surface area contributed by atoms with Gasteiger partial charge in [0.1, 0.15) is 0 Å². The first-order chi connectivity index (χ1) is 14.3. The number of halogens is 1. The van der Waals surface area contributed by atoms with E-state index in [-0.39, 0.29) is 34.9 Å². The zero-order valence-electron chi connectivity index (χ0n) is 17.5. The van der Waals surface area contributed by atoms with Crippen LogP contribution in [-0.2, 0) is 16.1 Å². The van der Waals surface area contributed by atoms with Crippen molar-refractivity contribution >= 4 is 23.3 Å². The number of piperidine rings is 1. The highest BCUT2D eigenvalue weighted by Gasteiger charge is 2.54. The van der Waals surface area contributed by atoms with Crippen LogP contribution < -0.4 is 0 Å². The van der Waals surface area contributed by atoms with E-state index in [1.165, 1.54) is 0 Å². The number of rotatable bonds is 4. The first-order valence-electron chi connectivity index (χ1n) is 10.7. The summed E-state index contributed by atoms with van der Waals surface area (Å²) in [6, 6.07) is 9.84. The maximum atomic E-state index is 13.2. The Kier molecular flexibility index (Phi) is 5.59. The summed E-state index contributed by atoms with van der Waals surface area (Å²) >= 11 is 6.01. The van der Waals surface area contributed by atoms with Crippen LogP contribution in [0.5, 0.6) is 0 Å². The lowest BCUT2D eigenvalue weighted by molar-refractivity contribution is -0.140. The molecule has 156 valence electrons. The molecule has 0 unspecified atom stereocenters. The normalized spacial score (nSPS) is 30.7. The number of carbonyl (C=O) groups excluding carboxylic acids is 2. The van der Waals surface area contributed by atoms with Crippen molar-refractivity contribution in [3.8, 4) is 6.07 Å². The number of carbonyl (C=O) groups is 2. The second-order valence-corrected chi connectivity index (χ2v) is 9.52. The Bertz CT molecular complexity index is 972. The van der Waals surface area contributed by atoms with Crippen molar-refractivity contribution < 1.29 is 9.59 Å². The van der Waals surface area contributed by atoms with Crippen molar-refractivity contribution in [2.24, 2.45) is 23.2 Å². The van der Waals surface area contributed by atoms with Gasteiger partial charge >= 0.3 is 0 Å². The largest absolute Gasteiger partial charge is 0.312 e. The van der Waals surface area contributed by atoms with Crippen molar-refractivity contribution in [3.63, 3.8) is 0 Å². The molecule has 1 aromatic rings. The highest BCUT2D eigenvalue weighted by atomic mass is 35.5. The number of amides is 1. The Balaban J connectivity index is 1.69. The van der Waals surface area contributed by atoms with Crippen molar-refractivity contribution in [2.45, 2.75) is 52.5 Å². The van der Waals surface area contributed by atoms with Crippen LogP contribution in [0.3, 0.4) is 0 Å². The van der Waals surface area contributed by atoms with E-state index in [1.54, 1.807) is 6.08 Å². The molecule has 1 heterocycles. The van der Waals surface area contributed by atoms with Gasteiger partial charge in [-0.15, -0.1) is 0 Å². The van der Waals surface area contributed by atoms with Crippen molar-refractivity contribution in [1.82, 2.24) is 4.90 Å². The summed E-state index contributed by atoms with van der Waals surface area (Å²) in [7, 11) is 0. The molecule has 1 aromatic carbocycles. The molecule has 5 heteroatoms. The monoisotopic (exact) mass is 422 g/mol. The Morgan fingerprint density at radius 3 is 2.70 bits per heavy atom. The van der Waals surface area contributed by atoms with E-state index in [9.17, 15) is 9.59 Å². The number of hydrogen-bond acceptors (Lipinski definition) is 3. The smallest absolute Gasteiger partial charge is 0.227 e. The summed E-state index contributed by atoms with van der Waals surface area (Å²) in [4.78, 5) is 28.0. The lowest BCUT2D eigenvalue weighted by Gasteiger charge is -2.54. The summed E-state index contributed by atoms with van der Waals surface area (Å²) in [5.41, 5.74) is 2.76. The zero-order valence-corrected chi connectivity index (χ0v) is 18.3. The second-order valence-electron chi connectivity index (χ2n) is 9.08. The van der Waals surface area contributed by atoms with Gasteiger partial charge in [0.15, 0.2) is 5.78 Å². The molecule has 0 N–H and O–H groups in total. The summed E-state index contributed by atoms with van der Waals surface area (Å²) in [6.07, 6.45) is 7.20. The molecule has 4 nitrogen and oxygen atoms in total. The highest BCUT2D eigenvalue weighted by molar-refractivity contribution is 6.30. The Labute approximate surface area is 183 Å². The van der Waals surface area contributed by atoms with Crippen LogP contribution in [0.2, 0.25) is 5.02 Å². The molecule has 0 radical (unpaired) electrons. The van der Waals surface area contributed by atoms with E-state index >= 15 is 0 Å². The van der Waals surface area contributed by atoms with Gasteiger partial charge in [-0.05, 0) is 61.8 Å². The topological polar surface area (TPSA) is 61.2 Å². The summed E-state index contributed by atoms with van der Waals surface area (Å²) in [6.45, 7) is 4.68. The van der Waals surface area contributed by atoms with Crippen molar-refractivity contribution in [3.05, 3.63) is 58.3 Å². The van der Waals surface area contributed by atoms with Gasteiger partial charge in [0, 0.05) is 34.9 Å². The molecular formula is C25H27ClN2O2. The SMILES string of the molecule is CC1=CC(=O)[C@H]2[C@@H](CC=C3N(Cc4ccc(Cl)cc4)C(=O)CC[C@@]32C)[C@@H]1CCC#N. The van der Waals surface area contributed by atoms with Gasteiger partial charge in [-0.3, -0.25) is 9.59 Å². The van der Waals surface area contributed by atoms with Crippen LogP contribution >= 0.6 is 11.6 Å². The van der Waals surface area contributed by atoms with E-state index in [1.807, 2.05) is 36.1 Å². The van der Waals surface area contributed by atoms with E-state index < -0.39 is 0 Å². The van der Waals surface area contributed by atoms with Gasteiger partial charge < -0.3 is 4.90 Å². The molecular weight excluding hydrogens is 396 g/mol. The molecule has 0 spiro atoms. The molecule has 4 rings (SSSR count). The van der Waals surface area contributed by atoms with Crippen molar-refractivity contribution in [2.75, 3.05) is 0 Å². The minimum atomic E-state index is -0.359. The first-order valence-corrected chi connectivity index (χ1v) is 11.1. The number of benzene rings is 1. The van der Waals surface area contributed by atoms with Crippen LogP contribution in [0.25, 0.3) is 0 Å². The number of allylic oxidation sites excluding steroid dienone is 4. The predicted octanol–water partition coefficient (Wildman–Crippen LogP) is 5.44. The summed E-state index contributed by atoms with van der Waals surface area (Å²) in [5, 5.41) is 9.76. The molecule has 3 aliphatic rings. The molecule has 0 saturated carbocycles. The lowest BCUT2D eigenvalue weighted by Crippen LogP contribution is -2.54. The standard InChI is InChI=1S/C25H27ClN2O2/c1-16-14-21(29)24-20(19(16)4-3-13-27)9-10-22-25(24,2)12-11-23(30)28(22)15-17-5-7-18(26)8-6-17/h5-8,10,14,19-20,24H,3-4,9,11-12,15H2,1-2H3/t19-,20+,24-,25+/m1/s1. The molecule has 1 saturated heterocycles. The molecule has 0 bridgehead atoms. The summed E-state index contributed by atoms with van der Waals surface area (Å²) in [5.74, 6) is 0.618. The number of nitrogens with zero attached hydrogens (tertiary/aromatic N) is 2. The third kappa shape index (κ3) is 3.50. The van der Waals surface area contributed by atoms with Crippen LogP contribution in [0.15, 0.2) is 47.7 Å². The molecule has 1 amide bonds. The lowest BCUT2D eigenvalue weighted by atomic mass is 9.53. The fourth-order valence-corrected chi connectivity index (χ4v) is 6.00. The average Bonchev–Trinajstić information content (AvgIpc) is 2.71. The van der Waals surface area contributed by atoms with Gasteiger partial charge in [0.05, 0.1) is 12.6 Å². The maximum absolute atomic E-state index is 13.2. The fraction of sp³-hybridized carbons (Fsp3) is 0.480. The highest BCUT2D eigenvalue weighted by Crippen LogP contribution is 2.56. The quantitative estimate of drug-likeness (QED) is 0.649. The third-order valence-corrected chi connectivity index (χ3v) is 7.58. The maximum Gasteiger partial charge on any atom is 0.227 e. The van der Waals surface area contributed by atoms with Gasteiger partial charge in [-0.2, -0.15) is 5.26 Å². The number of nitriles is 1. The predicted molar refractivity (Wildman–Crippen MR) is 116 cm³/mol. The molecule has 1 aliphatic heterocycles. The van der Waals surface area contributed by atoms with Gasteiger partial charge in [-0.1, -0.05) is 42.3 Å². The van der Waals surface area contributed by atoms with Crippen molar-refractivity contribution in [1.29, 1.82) is 5.26 Å². The molecule has 1 fully saturated rings. The summed E-state index contributed by atoms with van der Waals surface area (Å²) < 4.78 is 0. The Morgan fingerprint density at radius 1 is 1.27 bits per heavy atom. The molecule has 30 heavy (non-hydrogen) atoms. The van der Waals surface area contributed by atoms with Crippen LogP contribution in [0.4, 0.5) is 0 Å². The van der Waals surface area contributed by atoms with E-state index in [0.29, 0.717) is 30.8 Å². The van der Waals surface area contributed by atoms with Gasteiger partial charge in [0.25, 0.3) is 0 Å². The van der Waals surface area contributed by atoms with Gasteiger partial charge in [-0.25, -0.2) is 0 Å². The molecule has 4 atom stereocenters. The Morgan fingerprint density at radius 2 is 2.00 bits per heavy atom. The number of fused-ring (bicyclic) bond motifs is 3. The van der Waals surface area contributed by atoms with Gasteiger partial charge in [0.2, 0.25) is 5.91 Å². The molecule has 0 aromatic heterocycles. The minimum absolute atomic E-state index is 0.114. The van der Waals surface area contributed by atoms with Crippen LogP contribution in [0, 0.1) is 34.5 Å². The zero-order chi connectivity index (χ0) is 21.5. The number of likely N-dealkylation sites (tertiary alicyclic amines) is 1. The first kappa shape index (κ1) is 20.9. The van der Waals surface area contributed by atoms with E-state index in [0.717, 1.165) is 29.7 Å². The second kappa shape index (κ2) is 8.04. The molecule has 2 aliphatic carbocycles. The van der Waals surface area contributed by atoms with E-state index in [2.05, 4.69) is 19.1 Å². The minimum Gasteiger partial charge on any atom is -0.312 e. The van der Waals surface area contributed by atoms with Crippen LogP contribution in [0.1, 0.15) is 51.5 Å². The average molecular weight is 423 g/mol. The van der Waals surface area contributed by atoms with Crippen LogP contribution in [-0.4, -0.2) is 16.6 Å². The number of hydrogen-bond donors (Lipinski definition) is 0. The van der Waals surface area contributed by atoms with E-state index in [4.69, 9.17) is 16.9 Å². The fourth-order valence-electron chi connectivity index (χ4n) is 5.87.